The van der Waals surface area contributed by atoms with Gasteiger partial charge in [0.2, 0.25) is 11.8 Å². The topological polar surface area (TPSA) is 46.2 Å². The second-order valence-electron chi connectivity index (χ2n) is 1.88. The van der Waals surface area contributed by atoms with Gasteiger partial charge in [0, 0.05) is 6.42 Å². The van der Waals surface area contributed by atoms with Crippen LogP contribution in [0.2, 0.25) is 0 Å². The first-order valence-electron chi connectivity index (χ1n) is 2.75. The Labute approximate surface area is 61.4 Å². The molecular formula is C5H6FNO2S. The summed E-state index contributed by atoms with van der Waals surface area (Å²) in [4.78, 5) is 21.1. The molecule has 1 heterocycles. The Hall–Kier alpha value is -0.580. The van der Waals surface area contributed by atoms with Crippen molar-refractivity contribution in [3.05, 3.63) is 0 Å². The molecule has 1 unspecified atom stereocenters. The summed E-state index contributed by atoms with van der Waals surface area (Å²) in [6, 6.07) is -0.620. The molecule has 2 amide bonds. The predicted molar refractivity (Wildman–Crippen MR) is 35.1 cm³/mol. The van der Waals surface area contributed by atoms with Crippen molar-refractivity contribution in [2.45, 2.75) is 11.7 Å². The number of nitrogens with one attached hydrogen (secondary N) is 1. The van der Waals surface area contributed by atoms with E-state index < -0.39 is 11.3 Å². The highest BCUT2D eigenvalue weighted by Gasteiger charge is 2.30. The highest BCUT2D eigenvalue weighted by molar-refractivity contribution is 8.00. The van der Waals surface area contributed by atoms with Gasteiger partial charge in [-0.05, 0) is 0 Å². The summed E-state index contributed by atoms with van der Waals surface area (Å²) in [6.45, 7) is 0. The molecule has 0 bridgehead atoms. The third-order valence-electron chi connectivity index (χ3n) is 1.19. The monoisotopic (exact) mass is 162 g/mol. The van der Waals surface area contributed by atoms with E-state index in [0.717, 1.165) is 11.8 Å². The molecule has 0 aromatic rings. The zero-order valence-electron chi connectivity index (χ0n) is 5.09. The third kappa shape index (κ3) is 1.47. The average Bonchev–Trinajstić information content (AvgIpc) is 2.13. The fraction of sp³-hybridized carbons (Fsp3) is 0.600. The molecule has 1 N–H and O–H groups in total. The van der Waals surface area contributed by atoms with Gasteiger partial charge in [0.25, 0.3) is 0 Å². The lowest BCUT2D eigenvalue weighted by Gasteiger charge is -1.98. The molecule has 10 heavy (non-hydrogen) atoms. The summed E-state index contributed by atoms with van der Waals surface area (Å²) < 4.78 is 11.6. The first-order chi connectivity index (χ1) is 4.74. The summed E-state index contributed by atoms with van der Waals surface area (Å²) in [5.74, 6) is -0.677. The molecule has 56 valence electrons. The molecular weight excluding hydrogens is 156 g/mol. The molecule has 0 aliphatic carbocycles. The normalized spacial score (nSPS) is 25.1. The van der Waals surface area contributed by atoms with Gasteiger partial charge in [-0.2, -0.15) is 0 Å². The van der Waals surface area contributed by atoms with Crippen LogP contribution >= 0.6 is 11.8 Å². The molecule has 0 radical (unpaired) electrons. The summed E-state index contributed by atoms with van der Waals surface area (Å²) in [6.07, 6.45) is 0.118. The van der Waals surface area contributed by atoms with Crippen LogP contribution in [0.25, 0.3) is 0 Å². The van der Waals surface area contributed by atoms with Crippen LogP contribution in [0, 0.1) is 0 Å². The van der Waals surface area contributed by atoms with Gasteiger partial charge in [-0.25, -0.2) is 4.39 Å². The van der Waals surface area contributed by atoms with Gasteiger partial charge in [-0.3, -0.25) is 14.9 Å². The second kappa shape index (κ2) is 3.01. The first-order valence-corrected chi connectivity index (χ1v) is 3.80. The van der Waals surface area contributed by atoms with E-state index in [1.165, 1.54) is 0 Å². The number of carbonyl (C=O) groups is 2. The van der Waals surface area contributed by atoms with Crippen LogP contribution in [0.5, 0.6) is 0 Å². The minimum atomic E-state index is -0.620. The molecule has 1 atom stereocenters. The Morgan fingerprint density at radius 3 is 2.80 bits per heavy atom. The number of alkyl halides is 1. The molecule has 0 saturated carbocycles. The zero-order valence-corrected chi connectivity index (χ0v) is 5.91. The van der Waals surface area contributed by atoms with E-state index in [9.17, 15) is 14.0 Å². The number of amides is 2. The van der Waals surface area contributed by atoms with Gasteiger partial charge in [-0.15, -0.1) is 11.8 Å². The van der Waals surface area contributed by atoms with Crippen LogP contribution < -0.4 is 5.32 Å². The number of halogens is 1. The van der Waals surface area contributed by atoms with Gasteiger partial charge in [-0.1, -0.05) is 0 Å². The molecule has 1 aliphatic rings. The van der Waals surface area contributed by atoms with Crippen molar-refractivity contribution in [3.8, 4) is 0 Å². The van der Waals surface area contributed by atoms with Crippen LogP contribution in [0.4, 0.5) is 4.39 Å². The molecule has 0 spiro atoms. The van der Waals surface area contributed by atoms with Gasteiger partial charge in [0.1, 0.15) is 6.01 Å². The highest BCUT2D eigenvalue weighted by atomic mass is 32.2. The maximum absolute atomic E-state index is 11.6. The maximum Gasteiger partial charge on any atom is 0.240 e. The van der Waals surface area contributed by atoms with E-state index in [1.54, 1.807) is 0 Å². The van der Waals surface area contributed by atoms with Crippen LogP contribution in [-0.4, -0.2) is 23.1 Å². The fourth-order valence-electron chi connectivity index (χ4n) is 0.741. The minimum Gasteiger partial charge on any atom is -0.295 e. The zero-order chi connectivity index (χ0) is 7.56. The predicted octanol–water partition coefficient (Wildman–Crippen LogP) is 0.0617. The molecule has 1 rings (SSSR count). The SMILES string of the molecule is O=C1CC(SC[18F])C(=O)N1. The Morgan fingerprint density at radius 2 is 2.40 bits per heavy atom. The van der Waals surface area contributed by atoms with E-state index >= 15 is 0 Å². The second-order valence-corrected chi connectivity index (χ2v) is 3.00. The third-order valence-corrected chi connectivity index (χ3v) is 2.10. The number of hydrogen-bond acceptors (Lipinski definition) is 3. The van der Waals surface area contributed by atoms with Gasteiger partial charge in [0.05, 0.1) is 5.25 Å². The number of thioether (sulfide) groups is 1. The van der Waals surface area contributed by atoms with Gasteiger partial charge in [0.15, 0.2) is 0 Å². The lowest BCUT2D eigenvalue weighted by molar-refractivity contribution is -0.124. The van der Waals surface area contributed by atoms with Gasteiger partial charge < -0.3 is 0 Å². The van der Waals surface area contributed by atoms with E-state index in [4.69, 9.17) is 0 Å². The quantitative estimate of drug-likeness (QED) is 0.584. The molecule has 1 fully saturated rings. The van der Waals surface area contributed by atoms with Crippen molar-refractivity contribution < 1.29 is 14.0 Å². The summed E-state index contributed by atoms with van der Waals surface area (Å²) in [7, 11) is 0. The number of rotatable bonds is 2. The van der Waals surface area contributed by atoms with Crippen molar-refractivity contribution in [2.24, 2.45) is 0 Å². The number of hydrogen-bond donors (Lipinski definition) is 1. The van der Waals surface area contributed by atoms with Gasteiger partial charge >= 0.3 is 0 Å². The van der Waals surface area contributed by atoms with Crippen LogP contribution in [0.3, 0.4) is 0 Å². The summed E-state index contributed by atoms with van der Waals surface area (Å²) in [5, 5.41) is 1.58. The molecule has 1 aliphatic heterocycles. The largest absolute Gasteiger partial charge is 0.295 e. The van der Waals surface area contributed by atoms with Crippen molar-refractivity contribution in [3.63, 3.8) is 0 Å². The van der Waals surface area contributed by atoms with E-state index in [2.05, 4.69) is 5.32 Å². The molecule has 3 nitrogen and oxygen atoms in total. The smallest absolute Gasteiger partial charge is 0.240 e. The van der Waals surface area contributed by atoms with Crippen molar-refractivity contribution in [2.75, 3.05) is 6.01 Å². The Kier molecular flexibility index (Phi) is 2.26. The Bertz CT molecular complexity index is 173. The van der Waals surface area contributed by atoms with Crippen LogP contribution in [0.1, 0.15) is 6.42 Å². The van der Waals surface area contributed by atoms with Crippen molar-refractivity contribution >= 4 is 23.6 Å². The Balaban J connectivity index is 2.46. The van der Waals surface area contributed by atoms with Crippen LogP contribution in [-0.2, 0) is 9.59 Å². The molecule has 0 aromatic carbocycles. The lowest BCUT2D eigenvalue weighted by Crippen LogP contribution is -2.23. The summed E-state index contributed by atoms with van der Waals surface area (Å²) >= 11 is 0.851. The molecule has 5 heteroatoms. The standard InChI is InChI=1S/C5H6FNO2S/c6-2-10-3-1-4(8)7-5(3)9/h3H,1-2H2,(H,7,8,9)/i6-1. The lowest BCUT2D eigenvalue weighted by atomic mass is 10.4. The van der Waals surface area contributed by atoms with E-state index in [-0.39, 0.29) is 18.2 Å². The van der Waals surface area contributed by atoms with Crippen LogP contribution in [0.15, 0.2) is 0 Å². The number of imide groups is 1. The maximum atomic E-state index is 11.6. The molecule has 1 saturated heterocycles. The van der Waals surface area contributed by atoms with E-state index in [0.29, 0.717) is 0 Å². The van der Waals surface area contributed by atoms with E-state index in [1.807, 2.05) is 0 Å². The molecule has 0 aromatic heterocycles. The highest BCUT2D eigenvalue weighted by Crippen LogP contribution is 2.18. The van der Waals surface area contributed by atoms with Crippen molar-refractivity contribution in [1.82, 2.24) is 5.32 Å². The van der Waals surface area contributed by atoms with Crippen molar-refractivity contribution in [1.29, 1.82) is 0 Å². The summed E-state index contributed by atoms with van der Waals surface area (Å²) in [5.41, 5.74) is 0. The minimum absolute atomic E-state index is 0.118. The number of carbonyl (C=O) groups excluding carboxylic acids is 2. The average molecular weight is 162 g/mol. The first kappa shape index (κ1) is 7.53. The fourth-order valence-corrected chi connectivity index (χ4v) is 1.37. The Morgan fingerprint density at radius 1 is 1.70 bits per heavy atom.